The summed E-state index contributed by atoms with van der Waals surface area (Å²) in [5.41, 5.74) is 3.38. The molecule has 3 nitrogen and oxygen atoms in total. The van der Waals surface area contributed by atoms with Gasteiger partial charge < -0.3 is 9.47 Å². The Hall–Kier alpha value is -1.37. The summed E-state index contributed by atoms with van der Waals surface area (Å²) in [7, 11) is 0. The normalized spacial score (nSPS) is 13.4. The molecule has 3 heterocycles. The molecule has 112 valence electrons. The topological polar surface area (TPSA) is 31.4 Å². The van der Waals surface area contributed by atoms with E-state index in [4.69, 9.17) is 14.5 Å². The minimum absolute atomic E-state index is 0.583. The SMILES string of the molecule is Cc1ccc(-c2csc(-c3sc(Br)c4c3OCCO4)n2)cc1. The fourth-order valence-corrected chi connectivity index (χ4v) is 4.90. The number of hydrogen-bond donors (Lipinski definition) is 0. The number of fused-ring (bicyclic) bond motifs is 1. The molecule has 3 aromatic rings. The van der Waals surface area contributed by atoms with Crippen LogP contribution < -0.4 is 9.47 Å². The summed E-state index contributed by atoms with van der Waals surface area (Å²) in [6.45, 7) is 3.26. The van der Waals surface area contributed by atoms with Gasteiger partial charge in [0.25, 0.3) is 0 Å². The van der Waals surface area contributed by atoms with Crippen molar-refractivity contribution in [2.75, 3.05) is 13.2 Å². The first kappa shape index (κ1) is 14.2. The third-order valence-electron chi connectivity index (χ3n) is 3.40. The van der Waals surface area contributed by atoms with Crippen LogP contribution in [0, 0.1) is 6.92 Å². The van der Waals surface area contributed by atoms with Crippen LogP contribution in [0.25, 0.3) is 21.1 Å². The van der Waals surface area contributed by atoms with Crippen molar-refractivity contribution < 1.29 is 9.47 Å². The van der Waals surface area contributed by atoms with Crippen LogP contribution in [0.2, 0.25) is 0 Å². The molecule has 0 fully saturated rings. The number of rotatable bonds is 2. The van der Waals surface area contributed by atoms with E-state index in [1.807, 2.05) is 0 Å². The number of ether oxygens (including phenoxy) is 2. The lowest BCUT2D eigenvalue weighted by atomic mass is 10.1. The molecule has 1 aliphatic rings. The van der Waals surface area contributed by atoms with Gasteiger partial charge in [0.2, 0.25) is 0 Å². The average Bonchev–Trinajstić information content (AvgIpc) is 3.14. The summed E-state index contributed by atoms with van der Waals surface area (Å²) in [6, 6.07) is 8.42. The molecule has 1 aliphatic heterocycles. The molecule has 22 heavy (non-hydrogen) atoms. The lowest BCUT2D eigenvalue weighted by molar-refractivity contribution is 0.173. The largest absolute Gasteiger partial charge is 0.484 e. The Kier molecular flexibility index (Phi) is 3.68. The molecule has 0 N–H and O–H groups in total. The van der Waals surface area contributed by atoms with E-state index in [9.17, 15) is 0 Å². The Bertz CT molecular complexity index is 823. The van der Waals surface area contributed by atoms with Crippen molar-refractivity contribution >= 4 is 38.6 Å². The van der Waals surface area contributed by atoms with Crippen LogP contribution in [-0.4, -0.2) is 18.2 Å². The van der Waals surface area contributed by atoms with Gasteiger partial charge >= 0.3 is 0 Å². The van der Waals surface area contributed by atoms with E-state index in [2.05, 4.69) is 52.5 Å². The maximum absolute atomic E-state index is 5.78. The number of nitrogens with zero attached hydrogens (tertiary/aromatic N) is 1. The molecule has 0 atom stereocenters. The Labute approximate surface area is 144 Å². The predicted octanol–water partition coefficient (Wildman–Crippen LogP) is 5.38. The summed E-state index contributed by atoms with van der Waals surface area (Å²) in [6.07, 6.45) is 0. The van der Waals surface area contributed by atoms with E-state index in [1.54, 1.807) is 22.7 Å². The van der Waals surface area contributed by atoms with Gasteiger partial charge in [0.15, 0.2) is 11.5 Å². The lowest BCUT2D eigenvalue weighted by Crippen LogP contribution is -2.14. The molecule has 0 spiro atoms. The Morgan fingerprint density at radius 1 is 1.09 bits per heavy atom. The van der Waals surface area contributed by atoms with Crippen molar-refractivity contribution in [3.63, 3.8) is 0 Å². The number of aryl methyl sites for hydroxylation is 1. The Morgan fingerprint density at radius 2 is 1.82 bits per heavy atom. The molecule has 0 saturated carbocycles. The highest BCUT2D eigenvalue weighted by Gasteiger charge is 2.25. The highest BCUT2D eigenvalue weighted by atomic mass is 79.9. The number of thiophene rings is 1. The summed E-state index contributed by atoms with van der Waals surface area (Å²) >= 11 is 6.79. The van der Waals surface area contributed by atoms with Crippen LogP contribution >= 0.6 is 38.6 Å². The first-order valence-corrected chi connectivity index (χ1v) is 9.32. The molecule has 0 amide bonds. The number of benzene rings is 1. The van der Waals surface area contributed by atoms with Gasteiger partial charge in [-0.2, -0.15) is 0 Å². The van der Waals surface area contributed by atoms with E-state index in [0.29, 0.717) is 13.2 Å². The summed E-state index contributed by atoms with van der Waals surface area (Å²) in [5, 5.41) is 3.05. The van der Waals surface area contributed by atoms with Crippen LogP contribution in [0.5, 0.6) is 11.5 Å². The van der Waals surface area contributed by atoms with Crippen molar-refractivity contribution in [3.8, 4) is 32.6 Å². The second-order valence-electron chi connectivity index (χ2n) is 4.96. The van der Waals surface area contributed by atoms with Gasteiger partial charge in [-0.05, 0) is 22.9 Å². The van der Waals surface area contributed by atoms with E-state index in [1.165, 1.54) is 5.56 Å². The average molecular weight is 394 g/mol. The number of halogens is 1. The smallest absolute Gasteiger partial charge is 0.187 e. The van der Waals surface area contributed by atoms with Gasteiger partial charge in [-0.1, -0.05) is 29.8 Å². The first-order chi connectivity index (χ1) is 10.7. The zero-order chi connectivity index (χ0) is 15.1. The summed E-state index contributed by atoms with van der Waals surface area (Å²) in [4.78, 5) is 5.81. The third-order valence-corrected chi connectivity index (χ3v) is 6.19. The van der Waals surface area contributed by atoms with E-state index >= 15 is 0 Å². The molecular formula is C16H12BrNO2S2. The molecule has 2 aromatic heterocycles. The maximum Gasteiger partial charge on any atom is 0.187 e. The molecule has 4 rings (SSSR count). The number of aromatic nitrogens is 1. The quantitative estimate of drug-likeness (QED) is 0.585. The highest BCUT2D eigenvalue weighted by molar-refractivity contribution is 9.11. The zero-order valence-electron chi connectivity index (χ0n) is 11.8. The third kappa shape index (κ3) is 2.45. The van der Waals surface area contributed by atoms with Gasteiger partial charge in [-0.25, -0.2) is 4.98 Å². The zero-order valence-corrected chi connectivity index (χ0v) is 15.0. The second kappa shape index (κ2) is 5.68. The molecule has 1 aromatic carbocycles. The minimum Gasteiger partial charge on any atom is -0.484 e. The summed E-state index contributed by atoms with van der Waals surface area (Å²) < 4.78 is 12.4. The predicted molar refractivity (Wildman–Crippen MR) is 94.3 cm³/mol. The first-order valence-electron chi connectivity index (χ1n) is 6.83. The van der Waals surface area contributed by atoms with E-state index < -0.39 is 0 Å². The highest BCUT2D eigenvalue weighted by Crippen LogP contribution is 2.52. The van der Waals surface area contributed by atoms with E-state index in [-0.39, 0.29) is 0 Å². The molecule has 0 bridgehead atoms. The molecule has 0 saturated heterocycles. The van der Waals surface area contributed by atoms with Crippen LogP contribution in [0.15, 0.2) is 33.4 Å². The van der Waals surface area contributed by atoms with Crippen molar-refractivity contribution in [1.29, 1.82) is 0 Å². The molecule has 6 heteroatoms. The summed E-state index contributed by atoms with van der Waals surface area (Å²) in [5.74, 6) is 1.62. The number of hydrogen-bond acceptors (Lipinski definition) is 5. The van der Waals surface area contributed by atoms with Crippen molar-refractivity contribution in [2.24, 2.45) is 0 Å². The van der Waals surface area contributed by atoms with Gasteiger partial charge in [0, 0.05) is 10.9 Å². The van der Waals surface area contributed by atoms with Gasteiger partial charge in [0.05, 0.1) is 5.69 Å². The number of thiazole rings is 1. The van der Waals surface area contributed by atoms with Gasteiger partial charge in [-0.3, -0.25) is 0 Å². The Morgan fingerprint density at radius 3 is 2.59 bits per heavy atom. The molecule has 0 aliphatic carbocycles. The monoisotopic (exact) mass is 393 g/mol. The van der Waals surface area contributed by atoms with Crippen LogP contribution in [0.3, 0.4) is 0 Å². The maximum atomic E-state index is 5.78. The van der Waals surface area contributed by atoms with Crippen molar-refractivity contribution in [3.05, 3.63) is 39.0 Å². The van der Waals surface area contributed by atoms with Crippen LogP contribution in [-0.2, 0) is 0 Å². The second-order valence-corrected chi connectivity index (χ2v) is 8.16. The van der Waals surface area contributed by atoms with Crippen molar-refractivity contribution in [2.45, 2.75) is 6.92 Å². The standard InChI is InChI=1S/C16H12BrNO2S2/c1-9-2-4-10(5-3-9)11-8-21-16(18-11)14-12-13(15(17)22-14)20-7-6-19-12/h2-5,8H,6-7H2,1H3. The van der Waals surface area contributed by atoms with Gasteiger partial charge in [-0.15, -0.1) is 22.7 Å². The van der Waals surface area contributed by atoms with E-state index in [0.717, 1.165) is 36.4 Å². The van der Waals surface area contributed by atoms with Crippen LogP contribution in [0.4, 0.5) is 0 Å². The molecule has 0 radical (unpaired) electrons. The molecular weight excluding hydrogens is 382 g/mol. The minimum atomic E-state index is 0.583. The van der Waals surface area contributed by atoms with Crippen molar-refractivity contribution in [1.82, 2.24) is 4.98 Å². The molecule has 0 unspecified atom stereocenters. The fraction of sp³-hybridized carbons (Fsp3) is 0.188. The van der Waals surface area contributed by atoms with Crippen LogP contribution in [0.1, 0.15) is 5.56 Å². The van der Waals surface area contributed by atoms with Gasteiger partial charge in [0.1, 0.15) is 26.9 Å². The Balaban J connectivity index is 1.74. The lowest BCUT2D eigenvalue weighted by Gasteiger charge is -2.15. The fourth-order valence-electron chi connectivity index (χ4n) is 2.29.